The van der Waals surface area contributed by atoms with Gasteiger partial charge in [-0.15, -0.1) is 0 Å². The Bertz CT molecular complexity index is 826. The van der Waals surface area contributed by atoms with Crippen molar-refractivity contribution >= 4 is 17.2 Å². The van der Waals surface area contributed by atoms with Crippen LogP contribution in [0.25, 0.3) is 5.65 Å². The minimum atomic E-state index is -0.237. The number of carbonyl (C=O) groups is 1. The summed E-state index contributed by atoms with van der Waals surface area (Å²) in [6, 6.07) is 8.56. The molecule has 0 aliphatic rings. The number of hydrogen-bond acceptors (Lipinski definition) is 4. The second-order valence-electron chi connectivity index (χ2n) is 4.75. The van der Waals surface area contributed by atoms with Gasteiger partial charge in [0.2, 0.25) is 0 Å². The zero-order chi connectivity index (χ0) is 15.5. The lowest BCUT2D eigenvalue weighted by molar-refractivity contribution is 0.102. The third-order valence-corrected chi connectivity index (χ3v) is 3.37. The number of ether oxygens (including phenoxy) is 1. The third kappa shape index (κ3) is 2.64. The number of nitrogens with zero attached hydrogens (tertiary/aromatic N) is 2. The average Bonchev–Trinajstić information content (AvgIpc) is 3.02. The van der Waals surface area contributed by atoms with Gasteiger partial charge in [0.15, 0.2) is 0 Å². The summed E-state index contributed by atoms with van der Waals surface area (Å²) in [4.78, 5) is 16.4. The van der Waals surface area contributed by atoms with Gasteiger partial charge in [0.05, 0.1) is 13.7 Å². The number of hydrogen-bond donors (Lipinski definition) is 2. The first-order valence-electron chi connectivity index (χ1n) is 6.73. The summed E-state index contributed by atoms with van der Waals surface area (Å²) in [5.74, 6) is 0.346. The molecule has 1 aromatic carbocycles. The van der Waals surface area contributed by atoms with E-state index >= 15 is 0 Å². The SMILES string of the molecule is COc1ccc(NC(=O)c2ccn3ccnc3c2)cc1CO. The number of aliphatic hydroxyl groups excluding tert-OH is 1. The topological polar surface area (TPSA) is 75.9 Å². The number of benzene rings is 1. The number of fused-ring (bicyclic) bond motifs is 1. The van der Waals surface area contributed by atoms with Gasteiger partial charge >= 0.3 is 0 Å². The fourth-order valence-electron chi connectivity index (χ4n) is 2.23. The molecule has 0 unspecified atom stereocenters. The number of anilines is 1. The summed E-state index contributed by atoms with van der Waals surface area (Å²) in [5, 5.41) is 12.1. The number of amides is 1. The molecule has 2 N–H and O–H groups in total. The van der Waals surface area contributed by atoms with Gasteiger partial charge in [-0.2, -0.15) is 0 Å². The molecule has 0 fully saturated rings. The van der Waals surface area contributed by atoms with Gasteiger partial charge in [-0.25, -0.2) is 4.98 Å². The van der Waals surface area contributed by atoms with Gasteiger partial charge in [-0.3, -0.25) is 4.79 Å². The Labute approximate surface area is 127 Å². The van der Waals surface area contributed by atoms with E-state index in [-0.39, 0.29) is 12.5 Å². The molecule has 6 nitrogen and oxygen atoms in total. The molecule has 2 aromatic heterocycles. The Kier molecular flexibility index (Phi) is 3.76. The lowest BCUT2D eigenvalue weighted by atomic mass is 10.1. The second kappa shape index (κ2) is 5.87. The van der Waals surface area contributed by atoms with Crippen molar-refractivity contribution in [3.05, 3.63) is 60.0 Å². The van der Waals surface area contributed by atoms with Gasteiger partial charge in [-0.05, 0) is 30.3 Å². The summed E-state index contributed by atoms with van der Waals surface area (Å²) >= 11 is 0. The van der Waals surface area contributed by atoms with Crippen LogP contribution in [0.1, 0.15) is 15.9 Å². The molecule has 0 aliphatic carbocycles. The van der Waals surface area contributed by atoms with E-state index in [9.17, 15) is 9.90 Å². The van der Waals surface area contributed by atoms with Gasteiger partial charge in [0.1, 0.15) is 11.4 Å². The standard InChI is InChI=1S/C16H15N3O3/c1-22-14-3-2-13(8-12(14)10-20)18-16(21)11-4-6-19-7-5-17-15(19)9-11/h2-9,20H,10H2,1H3,(H,18,21). The fraction of sp³-hybridized carbons (Fsp3) is 0.125. The van der Waals surface area contributed by atoms with Gasteiger partial charge < -0.3 is 19.6 Å². The zero-order valence-electron chi connectivity index (χ0n) is 12.0. The first-order chi connectivity index (χ1) is 10.7. The van der Waals surface area contributed by atoms with Crippen molar-refractivity contribution in [1.29, 1.82) is 0 Å². The largest absolute Gasteiger partial charge is 0.496 e. The highest BCUT2D eigenvalue weighted by molar-refractivity contribution is 6.04. The molecule has 0 atom stereocenters. The van der Waals surface area contributed by atoms with Crippen molar-refractivity contribution in [1.82, 2.24) is 9.38 Å². The molecular formula is C16H15N3O3. The molecule has 3 rings (SSSR count). The Hall–Kier alpha value is -2.86. The monoisotopic (exact) mass is 297 g/mol. The third-order valence-electron chi connectivity index (χ3n) is 3.37. The fourth-order valence-corrected chi connectivity index (χ4v) is 2.23. The highest BCUT2D eigenvalue weighted by Crippen LogP contribution is 2.23. The normalized spacial score (nSPS) is 10.6. The smallest absolute Gasteiger partial charge is 0.255 e. The molecule has 1 amide bonds. The van der Waals surface area contributed by atoms with Crippen LogP contribution < -0.4 is 10.1 Å². The molecule has 0 spiro atoms. The maximum absolute atomic E-state index is 12.3. The van der Waals surface area contributed by atoms with Crippen LogP contribution >= 0.6 is 0 Å². The molecule has 3 aromatic rings. The van der Waals surface area contributed by atoms with E-state index in [1.54, 1.807) is 42.7 Å². The minimum absolute atomic E-state index is 0.160. The van der Waals surface area contributed by atoms with Crippen LogP contribution in [0.15, 0.2) is 48.9 Å². The molecule has 112 valence electrons. The number of aliphatic hydroxyl groups is 1. The van der Waals surface area contributed by atoms with E-state index in [0.717, 1.165) is 0 Å². The van der Waals surface area contributed by atoms with Crippen molar-refractivity contribution in [3.8, 4) is 5.75 Å². The van der Waals surface area contributed by atoms with E-state index in [1.807, 2.05) is 10.6 Å². The summed E-state index contributed by atoms with van der Waals surface area (Å²) in [7, 11) is 1.53. The summed E-state index contributed by atoms with van der Waals surface area (Å²) < 4.78 is 6.96. The Balaban J connectivity index is 1.84. The molecule has 0 saturated heterocycles. The van der Waals surface area contributed by atoms with E-state index in [2.05, 4.69) is 10.3 Å². The van der Waals surface area contributed by atoms with Crippen molar-refractivity contribution in [2.24, 2.45) is 0 Å². The van der Waals surface area contributed by atoms with Gasteiger partial charge in [-0.1, -0.05) is 0 Å². The van der Waals surface area contributed by atoms with E-state index in [1.165, 1.54) is 7.11 Å². The second-order valence-corrected chi connectivity index (χ2v) is 4.75. The predicted molar refractivity (Wildman–Crippen MR) is 82.1 cm³/mol. The number of pyridine rings is 1. The summed E-state index contributed by atoms with van der Waals surface area (Å²) in [5.41, 5.74) is 2.43. The van der Waals surface area contributed by atoms with Crippen LogP contribution in [0.4, 0.5) is 5.69 Å². The summed E-state index contributed by atoms with van der Waals surface area (Å²) in [6.45, 7) is -0.160. The minimum Gasteiger partial charge on any atom is -0.496 e. The van der Waals surface area contributed by atoms with Crippen molar-refractivity contribution in [2.75, 3.05) is 12.4 Å². The molecule has 22 heavy (non-hydrogen) atoms. The first kappa shape index (κ1) is 14.1. The van der Waals surface area contributed by atoms with Crippen molar-refractivity contribution < 1.29 is 14.6 Å². The highest BCUT2D eigenvalue weighted by atomic mass is 16.5. The molecule has 2 heterocycles. The van der Waals surface area contributed by atoms with Gasteiger partial charge in [0.25, 0.3) is 5.91 Å². The number of rotatable bonds is 4. The average molecular weight is 297 g/mol. The van der Waals surface area contributed by atoms with Crippen LogP contribution in [0.3, 0.4) is 0 Å². The van der Waals surface area contributed by atoms with Gasteiger partial charge in [0, 0.05) is 35.4 Å². The number of aromatic nitrogens is 2. The van der Waals surface area contributed by atoms with E-state index in [0.29, 0.717) is 28.2 Å². The van der Waals surface area contributed by atoms with Crippen LogP contribution in [-0.2, 0) is 6.61 Å². The predicted octanol–water partition coefficient (Wildman–Crippen LogP) is 2.09. The maximum atomic E-state index is 12.3. The summed E-state index contributed by atoms with van der Waals surface area (Å²) in [6.07, 6.45) is 5.27. The van der Waals surface area contributed by atoms with Crippen molar-refractivity contribution in [2.45, 2.75) is 6.61 Å². The molecular weight excluding hydrogens is 282 g/mol. The Morgan fingerprint density at radius 1 is 1.32 bits per heavy atom. The molecule has 0 aliphatic heterocycles. The number of carbonyl (C=O) groups excluding carboxylic acids is 1. The molecule has 6 heteroatoms. The molecule has 0 radical (unpaired) electrons. The van der Waals surface area contributed by atoms with Crippen LogP contribution in [0.5, 0.6) is 5.75 Å². The van der Waals surface area contributed by atoms with E-state index in [4.69, 9.17) is 4.74 Å². The Morgan fingerprint density at radius 3 is 2.95 bits per heavy atom. The van der Waals surface area contributed by atoms with Crippen molar-refractivity contribution in [3.63, 3.8) is 0 Å². The quantitative estimate of drug-likeness (QED) is 0.773. The van der Waals surface area contributed by atoms with Crippen LogP contribution in [-0.4, -0.2) is 27.5 Å². The van der Waals surface area contributed by atoms with E-state index < -0.39 is 0 Å². The molecule has 0 saturated carbocycles. The lowest BCUT2D eigenvalue weighted by Crippen LogP contribution is -2.12. The van der Waals surface area contributed by atoms with Crippen LogP contribution in [0.2, 0.25) is 0 Å². The maximum Gasteiger partial charge on any atom is 0.255 e. The molecule has 0 bridgehead atoms. The number of methoxy groups -OCH3 is 1. The zero-order valence-corrected chi connectivity index (χ0v) is 12.0. The number of imidazole rings is 1. The first-order valence-corrected chi connectivity index (χ1v) is 6.73. The highest BCUT2D eigenvalue weighted by Gasteiger charge is 2.09. The lowest BCUT2D eigenvalue weighted by Gasteiger charge is -2.10. The number of nitrogens with one attached hydrogen (secondary N) is 1. The van der Waals surface area contributed by atoms with Crippen LogP contribution in [0, 0.1) is 0 Å². The Morgan fingerprint density at radius 2 is 2.18 bits per heavy atom.